The van der Waals surface area contributed by atoms with Gasteiger partial charge in [-0.15, -0.1) is 0 Å². The van der Waals surface area contributed by atoms with Crippen LogP contribution in [0.4, 0.5) is 21.6 Å². The number of aromatic nitrogens is 2. The zero-order valence-corrected chi connectivity index (χ0v) is 17.6. The van der Waals surface area contributed by atoms with Crippen LogP contribution in [0.5, 0.6) is 0 Å². The highest BCUT2D eigenvalue weighted by Gasteiger charge is 2.21. The predicted octanol–water partition coefficient (Wildman–Crippen LogP) is 1.80. The number of hydrogen-bond donors (Lipinski definition) is 3. The highest BCUT2D eigenvalue weighted by molar-refractivity contribution is 6.31. The Balaban J connectivity index is 2.32. The topological polar surface area (TPSA) is 122 Å². The van der Waals surface area contributed by atoms with Gasteiger partial charge in [0.25, 0.3) is 5.56 Å². The standard InChI is InChI=1S/C19H25ClFN5O4/c1-3-4-7-26-17(22)16(18(28)24-19(26)29)25(8-9-30-2)11-15(27)23-12-5-6-14(21)13(20)10-12/h5-6,10H,3-4,7-9,11,22H2,1-2H3,(H,23,27)(H,24,28,29). The Morgan fingerprint density at radius 2 is 2.13 bits per heavy atom. The van der Waals surface area contributed by atoms with Crippen LogP contribution in [0.25, 0.3) is 0 Å². The van der Waals surface area contributed by atoms with E-state index in [0.29, 0.717) is 18.7 Å². The average Bonchev–Trinajstić information content (AvgIpc) is 2.68. The van der Waals surface area contributed by atoms with Crippen LogP contribution in [-0.4, -0.2) is 42.3 Å². The van der Waals surface area contributed by atoms with Gasteiger partial charge in [-0.2, -0.15) is 0 Å². The third-order valence-electron chi connectivity index (χ3n) is 4.37. The minimum absolute atomic E-state index is 0.00930. The fraction of sp³-hybridized carbons (Fsp3) is 0.421. The summed E-state index contributed by atoms with van der Waals surface area (Å²) >= 11 is 5.74. The van der Waals surface area contributed by atoms with Crippen LogP contribution in [-0.2, 0) is 16.1 Å². The number of rotatable bonds is 10. The molecule has 0 bridgehead atoms. The van der Waals surface area contributed by atoms with Crippen LogP contribution in [0, 0.1) is 5.82 Å². The lowest BCUT2D eigenvalue weighted by atomic mass is 10.3. The monoisotopic (exact) mass is 441 g/mol. The molecule has 30 heavy (non-hydrogen) atoms. The second kappa shape index (κ2) is 10.8. The molecule has 0 unspecified atom stereocenters. The zero-order chi connectivity index (χ0) is 22.3. The summed E-state index contributed by atoms with van der Waals surface area (Å²) in [5.41, 5.74) is 5.14. The summed E-state index contributed by atoms with van der Waals surface area (Å²) in [6.45, 7) is 2.43. The molecule has 9 nitrogen and oxygen atoms in total. The summed E-state index contributed by atoms with van der Waals surface area (Å²) < 4.78 is 19.7. The first kappa shape index (κ1) is 23.4. The quantitative estimate of drug-likeness (QED) is 0.516. The van der Waals surface area contributed by atoms with Crippen molar-refractivity contribution in [3.05, 3.63) is 49.9 Å². The van der Waals surface area contributed by atoms with E-state index in [1.54, 1.807) is 0 Å². The lowest BCUT2D eigenvalue weighted by molar-refractivity contribution is -0.115. The first-order valence-electron chi connectivity index (χ1n) is 9.39. The number of unbranched alkanes of at least 4 members (excludes halogenated alkanes) is 1. The molecule has 0 spiro atoms. The van der Waals surface area contributed by atoms with E-state index in [2.05, 4.69) is 10.3 Å². The molecular weight excluding hydrogens is 417 g/mol. The maximum atomic E-state index is 13.3. The van der Waals surface area contributed by atoms with Gasteiger partial charge in [0.05, 0.1) is 18.2 Å². The van der Waals surface area contributed by atoms with Crippen molar-refractivity contribution in [3.8, 4) is 0 Å². The van der Waals surface area contributed by atoms with Crippen molar-refractivity contribution in [2.75, 3.05) is 42.8 Å². The summed E-state index contributed by atoms with van der Waals surface area (Å²) in [5.74, 6) is -1.12. The highest BCUT2D eigenvalue weighted by Crippen LogP contribution is 2.20. The third-order valence-corrected chi connectivity index (χ3v) is 4.66. The molecule has 1 aromatic heterocycles. The van der Waals surface area contributed by atoms with Crippen molar-refractivity contribution >= 4 is 34.7 Å². The summed E-state index contributed by atoms with van der Waals surface area (Å²) in [6.07, 6.45) is 1.52. The number of benzene rings is 1. The van der Waals surface area contributed by atoms with Crippen molar-refractivity contribution in [2.24, 2.45) is 0 Å². The minimum atomic E-state index is -0.695. The summed E-state index contributed by atoms with van der Waals surface area (Å²) in [7, 11) is 1.48. The molecule has 0 atom stereocenters. The molecule has 4 N–H and O–H groups in total. The van der Waals surface area contributed by atoms with Gasteiger partial charge in [-0.3, -0.25) is 19.1 Å². The number of nitrogens with two attached hydrogens (primary N) is 1. The van der Waals surface area contributed by atoms with Crippen LogP contribution in [0.2, 0.25) is 5.02 Å². The van der Waals surface area contributed by atoms with Gasteiger partial charge in [0, 0.05) is 25.9 Å². The smallest absolute Gasteiger partial charge is 0.330 e. The first-order chi connectivity index (χ1) is 14.3. The fourth-order valence-electron chi connectivity index (χ4n) is 2.84. The number of nitrogen functional groups attached to an aromatic ring is 1. The number of halogens is 2. The molecule has 2 rings (SSSR count). The van der Waals surface area contributed by atoms with E-state index in [1.165, 1.54) is 28.7 Å². The Morgan fingerprint density at radius 1 is 1.40 bits per heavy atom. The molecule has 1 amide bonds. The molecule has 0 aliphatic carbocycles. The molecule has 1 aromatic carbocycles. The summed E-state index contributed by atoms with van der Waals surface area (Å²) in [5, 5.41) is 2.46. The molecule has 0 aliphatic rings. The molecule has 164 valence electrons. The number of nitrogens with zero attached hydrogens (tertiary/aromatic N) is 2. The van der Waals surface area contributed by atoms with Crippen molar-refractivity contribution in [1.82, 2.24) is 9.55 Å². The van der Waals surface area contributed by atoms with Gasteiger partial charge in [0.2, 0.25) is 5.91 Å². The second-order valence-electron chi connectivity index (χ2n) is 6.59. The van der Waals surface area contributed by atoms with Gasteiger partial charge in [-0.05, 0) is 24.6 Å². The molecule has 0 saturated carbocycles. The number of anilines is 3. The van der Waals surface area contributed by atoms with E-state index < -0.39 is 23.0 Å². The number of carbonyl (C=O) groups is 1. The van der Waals surface area contributed by atoms with Gasteiger partial charge in [-0.25, -0.2) is 9.18 Å². The third kappa shape index (κ3) is 5.83. The van der Waals surface area contributed by atoms with Gasteiger partial charge >= 0.3 is 5.69 Å². The van der Waals surface area contributed by atoms with Crippen LogP contribution >= 0.6 is 11.6 Å². The van der Waals surface area contributed by atoms with E-state index in [1.807, 2.05) is 6.92 Å². The zero-order valence-electron chi connectivity index (χ0n) is 16.8. The van der Waals surface area contributed by atoms with Crippen molar-refractivity contribution in [3.63, 3.8) is 0 Å². The van der Waals surface area contributed by atoms with E-state index in [4.69, 9.17) is 22.1 Å². The first-order valence-corrected chi connectivity index (χ1v) is 9.77. The Labute approximate surface area is 177 Å². The molecule has 11 heteroatoms. The molecule has 0 aliphatic heterocycles. The summed E-state index contributed by atoms with van der Waals surface area (Å²) in [6, 6.07) is 3.78. The van der Waals surface area contributed by atoms with Crippen LogP contribution in [0.3, 0.4) is 0 Å². The molecule has 0 fully saturated rings. The average molecular weight is 442 g/mol. The summed E-state index contributed by atoms with van der Waals surface area (Å²) in [4.78, 5) is 40.9. The predicted molar refractivity (Wildman–Crippen MR) is 115 cm³/mol. The van der Waals surface area contributed by atoms with Gasteiger partial charge in [0.1, 0.15) is 17.3 Å². The SMILES string of the molecule is CCCCn1c(N)c(N(CCOC)CC(=O)Nc2ccc(F)c(Cl)c2)c(=O)[nH]c1=O. The Hall–Kier alpha value is -2.85. The van der Waals surface area contributed by atoms with Crippen LogP contribution in [0.15, 0.2) is 27.8 Å². The van der Waals surface area contributed by atoms with Gasteiger partial charge in [0.15, 0.2) is 0 Å². The number of hydrogen-bond acceptors (Lipinski definition) is 6. The number of amides is 1. The largest absolute Gasteiger partial charge is 0.383 e. The van der Waals surface area contributed by atoms with Crippen LogP contribution in [0.1, 0.15) is 19.8 Å². The molecule has 1 heterocycles. The fourth-order valence-corrected chi connectivity index (χ4v) is 3.02. The molecule has 0 saturated heterocycles. The normalized spacial score (nSPS) is 10.8. The van der Waals surface area contributed by atoms with Crippen molar-refractivity contribution < 1.29 is 13.9 Å². The highest BCUT2D eigenvalue weighted by atomic mass is 35.5. The lowest BCUT2D eigenvalue weighted by Crippen LogP contribution is -2.42. The number of carbonyl (C=O) groups excluding carboxylic acids is 1. The number of H-pyrrole nitrogens is 1. The number of methoxy groups -OCH3 is 1. The number of aromatic amines is 1. The number of nitrogens with one attached hydrogen (secondary N) is 2. The Kier molecular flexibility index (Phi) is 8.43. The lowest BCUT2D eigenvalue weighted by Gasteiger charge is -2.25. The van der Waals surface area contributed by atoms with Gasteiger partial charge < -0.3 is 20.7 Å². The molecule has 2 aromatic rings. The van der Waals surface area contributed by atoms with E-state index in [-0.39, 0.29) is 36.2 Å². The van der Waals surface area contributed by atoms with E-state index >= 15 is 0 Å². The van der Waals surface area contributed by atoms with E-state index in [0.717, 1.165) is 12.5 Å². The van der Waals surface area contributed by atoms with Crippen molar-refractivity contribution in [2.45, 2.75) is 26.3 Å². The molecule has 0 radical (unpaired) electrons. The minimum Gasteiger partial charge on any atom is -0.383 e. The Morgan fingerprint density at radius 3 is 2.77 bits per heavy atom. The van der Waals surface area contributed by atoms with Crippen LogP contribution < -0.4 is 27.2 Å². The van der Waals surface area contributed by atoms with Crippen molar-refractivity contribution in [1.29, 1.82) is 0 Å². The maximum absolute atomic E-state index is 13.3. The van der Waals surface area contributed by atoms with Gasteiger partial charge in [-0.1, -0.05) is 24.9 Å². The Bertz CT molecular complexity index is 1010. The van der Waals surface area contributed by atoms with E-state index in [9.17, 15) is 18.8 Å². The second-order valence-corrected chi connectivity index (χ2v) is 7.00. The molecular formula is C19H25ClFN5O4. The number of ether oxygens (including phenoxy) is 1. The maximum Gasteiger partial charge on any atom is 0.330 e.